The molecule has 1 atom stereocenters. The van der Waals surface area contributed by atoms with E-state index in [4.69, 9.17) is 11.1 Å². The molecule has 1 unspecified atom stereocenters. The van der Waals surface area contributed by atoms with Crippen LogP contribution < -0.4 is 16.2 Å². The van der Waals surface area contributed by atoms with E-state index >= 15 is 0 Å². The van der Waals surface area contributed by atoms with Crippen molar-refractivity contribution in [2.24, 2.45) is 11.8 Å². The fourth-order valence-electron chi connectivity index (χ4n) is 1.83. The van der Waals surface area contributed by atoms with Gasteiger partial charge in [-0.05, 0) is 13.8 Å². The van der Waals surface area contributed by atoms with Gasteiger partial charge in [-0.3, -0.25) is 0 Å². The topological polar surface area (TPSA) is 90.9 Å². The molecular weight excluding hydrogens is 240 g/mol. The van der Waals surface area contributed by atoms with Gasteiger partial charge in [-0.15, -0.1) is 0 Å². The zero-order valence-electron chi connectivity index (χ0n) is 12.2. The Hall–Kier alpha value is -1.87. The van der Waals surface area contributed by atoms with Crippen molar-refractivity contribution in [2.45, 2.75) is 33.6 Å². The van der Waals surface area contributed by atoms with Gasteiger partial charge in [-0.25, -0.2) is 15.8 Å². The average Bonchev–Trinajstić information content (AvgIpc) is 2.38. The van der Waals surface area contributed by atoms with Crippen molar-refractivity contribution in [1.29, 1.82) is 5.26 Å². The lowest BCUT2D eigenvalue weighted by Crippen LogP contribution is -2.26. The molecule has 0 amide bonds. The summed E-state index contributed by atoms with van der Waals surface area (Å²) >= 11 is 0. The van der Waals surface area contributed by atoms with Crippen molar-refractivity contribution in [3.8, 4) is 6.07 Å². The van der Waals surface area contributed by atoms with Gasteiger partial charge < -0.3 is 10.3 Å². The lowest BCUT2D eigenvalue weighted by molar-refractivity contribution is 0.697. The quantitative estimate of drug-likeness (QED) is 0.621. The number of hydrazine groups is 1. The minimum absolute atomic E-state index is 0.0591. The summed E-state index contributed by atoms with van der Waals surface area (Å²) in [4.78, 5) is 10.9. The molecule has 0 saturated heterocycles. The van der Waals surface area contributed by atoms with Gasteiger partial charge >= 0.3 is 0 Å². The van der Waals surface area contributed by atoms with Crippen molar-refractivity contribution in [3.05, 3.63) is 11.4 Å². The molecule has 0 aliphatic heterocycles. The van der Waals surface area contributed by atoms with Crippen molar-refractivity contribution in [2.75, 3.05) is 23.9 Å². The minimum atomic E-state index is -0.0591. The second-order valence-electron chi connectivity index (χ2n) is 5.09. The number of rotatable bonds is 5. The molecule has 19 heavy (non-hydrogen) atoms. The molecule has 1 heterocycles. The molecule has 0 aliphatic carbocycles. The van der Waals surface area contributed by atoms with Gasteiger partial charge in [-0.1, -0.05) is 13.8 Å². The third-order valence-electron chi connectivity index (χ3n) is 2.92. The van der Waals surface area contributed by atoms with Crippen LogP contribution in [0.25, 0.3) is 0 Å². The number of aromatic nitrogens is 2. The second-order valence-corrected chi connectivity index (χ2v) is 5.09. The Bertz CT molecular complexity index is 477. The highest BCUT2D eigenvalue weighted by Gasteiger charge is 2.16. The number of hydrogen-bond acceptors (Lipinski definition) is 6. The van der Waals surface area contributed by atoms with E-state index in [-0.39, 0.29) is 11.8 Å². The Morgan fingerprint density at radius 2 is 2.00 bits per heavy atom. The second kappa shape index (κ2) is 6.34. The van der Waals surface area contributed by atoms with Crippen molar-refractivity contribution < 1.29 is 0 Å². The van der Waals surface area contributed by atoms with Crippen LogP contribution in [-0.4, -0.2) is 23.6 Å². The van der Waals surface area contributed by atoms with Crippen LogP contribution in [0.1, 0.15) is 38.1 Å². The summed E-state index contributed by atoms with van der Waals surface area (Å²) in [7, 11) is 1.92. The first-order valence-corrected chi connectivity index (χ1v) is 6.36. The Balaban J connectivity index is 3.18. The van der Waals surface area contributed by atoms with Crippen molar-refractivity contribution in [1.82, 2.24) is 9.97 Å². The summed E-state index contributed by atoms with van der Waals surface area (Å²) in [6, 6.07) is 2.23. The van der Waals surface area contributed by atoms with Gasteiger partial charge in [0, 0.05) is 25.1 Å². The summed E-state index contributed by atoms with van der Waals surface area (Å²) in [5.41, 5.74) is 3.50. The lowest BCUT2D eigenvalue weighted by atomic mass is 10.1. The van der Waals surface area contributed by atoms with Gasteiger partial charge in [0.1, 0.15) is 17.5 Å². The molecule has 0 aliphatic rings. The molecule has 1 aromatic heterocycles. The smallest absolute Gasteiger partial charge is 0.148 e. The molecule has 0 radical (unpaired) electrons. The Labute approximate surface area is 114 Å². The molecule has 3 N–H and O–H groups in total. The van der Waals surface area contributed by atoms with E-state index in [0.717, 1.165) is 17.2 Å². The molecule has 0 spiro atoms. The highest BCUT2D eigenvalue weighted by atomic mass is 15.3. The molecule has 0 bridgehead atoms. The third kappa shape index (κ3) is 3.55. The number of hydrogen-bond donors (Lipinski definition) is 2. The fourth-order valence-corrected chi connectivity index (χ4v) is 1.83. The number of anilines is 2. The maximum atomic E-state index is 8.90. The van der Waals surface area contributed by atoms with E-state index in [0.29, 0.717) is 12.4 Å². The van der Waals surface area contributed by atoms with Crippen LogP contribution in [0.5, 0.6) is 0 Å². The van der Waals surface area contributed by atoms with Crippen LogP contribution in [0, 0.1) is 24.2 Å². The fraction of sp³-hybridized carbons (Fsp3) is 0.615. The molecule has 0 saturated carbocycles. The molecule has 0 fully saturated rings. The average molecular weight is 262 g/mol. The Morgan fingerprint density at radius 1 is 1.37 bits per heavy atom. The summed E-state index contributed by atoms with van der Waals surface area (Å²) in [6.07, 6.45) is 0. The highest BCUT2D eigenvalue weighted by Crippen LogP contribution is 2.25. The Kier molecular flexibility index (Phi) is 5.07. The molecule has 0 aromatic carbocycles. The van der Waals surface area contributed by atoms with Gasteiger partial charge in [0.2, 0.25) is 0 Å². The van der Waals surface area contributed by atoms with Crippen LogP contribution in [-0.2, 0) is 0 Å². The SMILES string of the molecule is Cc1c(NN)nc(C(C)C)nc1N(C)CC(C)C#N. The number of nitrogens with zero attached hydrogens (tertiary/aromatic N) is 4. The number of nitrogen functional groups attached to an aromatic ring is 1. The zero-order valence-corrected chi connectivity index (χ0v) is 12.2. The molecule has 104 valence electrons. The van der Waals surface area contributed by atoms with E-state index in [1.807, 2.05) is 39.6 Å². The van der Waals surface area contributed by atoms with E-state index in [1.165, 1.54) is 0 Å². The monoisotopic (exact) mass is 262 g/mol. The molecule has 6 heteroatoms. The van der Waals surface area contributed by atoms with Crippen molar-refractivity contribution >= 4 is 11.6 Å². The first kappa shape index (κ1) is 15.2. The molecule has 1 aromatic rings. The van der Waals surface area contributed by atoms with Gasteiger partial charge in [0.05, 0.1) is 12.0 Å². The predicted octanol–water partition coefficient (Wildman–Crippen LogP) is 1.79. The van der Waals surface area contributed by atoms with Gasteiger partial charge in [0.25, 0.3) is 0 Å². The minimum Gasteiger partial charge on any atom is -0.358 e. The normalized spacial score (nSPS) is 12.1. The number of nitriles is 1. The van der Waals surface area contributed by atoms with Crippen LogP contribution >= 0.6 is 0 Å². The van der Waals surface area contributed by atoms with Gasteiger partial charge in [-0.2, -0.15) is 5.26 Å². The van der Waals surface area contributed by atoms with Crippen LogP contribution in [0.4, 0.5) is 11.6 Å². The highest BCUT2D eigenvalue weighted by molar-refractivity contribution is 5.58. The van der Waals surface area contributed by atoms with Crippen LogP contribution in [0.15, 0.2) is 0 Å². The summed E-state index contributed by atoms with van der Waals surface area (Å²) in [5.74, 6) is 7.85. The maximum absolute atomic E-state index is 8.90. The van der Waals surface area contributed by atoms with E-state index in [1.54, 1.807) is 0 Å². The van der Waals surface area contributed by atoms with Crippen molar-refractivity contribution in [3.63, 3.8) is 0 Å². The Morgan fingerprint density at radius 3 is 2.47 bits per heavy atom. The van der Waals surface area contributed by atoms with E-state index in [2.05, 4.69) is 21.5 Å². The van der Waals surface area contributed by atoms with E-state index < -0.39 is 0 Å². The van der Waals surface area contributed by atoms with Gasteiger partial charge in [0.15, 0.2) is 0 Å². The molecule has 6 nitrogen and oxygen atoms in total. The number of nitrogens with one attached hydrogen (secondary N) is 1. The standard InChI is InChI=1S/C13H22N6/c1-8(2)11-16-12(18-15)10(4)13(17-11)19(5)7-9(3)6-14/h8-9H,7,15H2,1-5H3,(H,16,17,18). The predicted molar refractivity (Wildman–Crippen MR) is 76.7 cm³/mol. The first-order valence-electron chi connectivity index (χ1n) is 6.36. The van der Waals surface area contributed by atoms with Crippen LogP contribution in [0.3, 0.4) is 0 Å². The first-order chi connectivity index (χ1) is 8.90. The maximum Gasteiger partial charge on any atom is 0.148 e. The third-order valence-corrected chi connectivity index (χ3v) is 2.92. The van der Waals surface area contributed by atoms with E-state index in [9.17, 15) is 0 Å². The molecule has 1 rings (SSSR count). The largest absolute Gasteiger partial charge is 0.358 e. The summed E-state index contributed by atoms with van der Waals surface area (Å²) < 4.78 is 0. The summed E-state index contributed by atoms with van der Waals surface area (Å²) in [5, 5.41) is 8.90. The zero-order chi connectivity index (χ0) is 14.6. The lowest BCUT2D eigenvalue weighted by Gasteiger charge is -2.23. The summed E-state index contributed by atoms with van der Waals surface area (Å²) in [6.45, 7) is 8.50. The van der Waals surface area contributed by atoms with Crippen LogP contribution in [0.2, 0.25) is 0 Å². The number of nitrogens with two attached hydrogens (primary N) is 1. The molecular formula is C13H22N6.